The van der Waals surface area contributed by atoms with Gasteiger partial charge in [0, 0.05) is 18.3 Å². The molecule has 0 aliphatic carbocycles. The smallest absolute Gasteiger partial charge is 0.323 e. The lowest BCUT2D eigenvalue weighted by atomic mass is 9.97. The zero-order chi connectivity index (χ0) is 13.0. The van der Waals surface area contributed by atoms with Crippen LogP contribution < -0.4 is 0 Å². The lowest BCUT2D eigenvalue weighted by Gasteiger charge is -2.34. The summed E-state index contributed by atoms with van der Waals surface area (Å²) in [5, 5.41) is 0. The third-order valence-electron chi connectivity index (χ3n) is 3.70. The summed E-state index contributed by atoms with van der Waals surface area (Å²) in [7, 11) is 1.45. The molecule has 0 bridgehead atoms. The van der Waals surface area contributed by atoms with Gasteiger partial charge in [0.2, 0.25) is 0 Å². The molecule has 100 valence electrons. The topological polar surface area (TPSA) is 58.2 Å². The van der Waals surface area contributed by atoms with Crippen molar-refractivity contribution in [2.45, 2.75) is 32.2 Å². The largest absolute Gasteiger partial charge is 0.468 e. The van der Waals surface area contributed by atoms with Crippen molar-refractivity contribution in [2.75, 3.05) is 20.2 Å². The first-order valence-electron chi connectivity index (χ1n) is 6.50. The van der Waals surface area contributed by atoms with Crippen molar-refractivity contribution in [2.24, 2.45) is 5.92 Å². The Bertz CT molecular complexity index is 370. The standard InChI is InChI=1S/C13H21N3O2/c1-10-3-5-16(6-4-10)12(13(17)18-2)7-11-8-14-9-15-11/h8-10,12H,3-7H2,1-2H3,(H,14,15). The highest BCUT2D eigenvalue weighted by Crippen LogP contribution is 2.20. The lowest BCUT2D eigenvalue weighted by Crippen LogP contribution is -2.47. The Labute approximate surface area is 108 Å². The maximum atomic E-state index is 11.9. The van der Waals surface area contributed by atoms with Gasteiger partial charge in [-0.05, 0) is 31.8 Å². The van der Waals surface area contributed by atoms with Crippen LogP contribution in [-0.2, 0) is 16.0 Å². The summed E-state index contributed by atoms with van der Waals surface area (Å²) in [6, 6.07) is -0.192. The third-order valence-corrected chi connectivity index (χ3v) is 3.70. The van der Waals surface area contributed by atoms with E-state index in [1.165, 1.54) is 7.11 Å². The Balaban J connectivity index is 2.03. The predicted octanol–water partition coefficient (Wildman–Crippen LogP) is 1.23. The first-order chi connectivity index (χ1) is 8.70. The van der Waals surface area contributed by atoms with Crippen molar-refractivity contribution in [1.82, 2.24) is 14.9 Å². The summed E-state index contributed by atoms with van der Waals surface area (Å²) in [4.78, 5) is 21.2. The first kappa shape index (κ1) is 13.1. The van der Waals surface area contributed by atoms with E-state index in [9.17, 15) is 4.79 Å². The SMILES string of the molecule is COC(=O)C(Cc1cnc[nH]1)N1CCC(C)CC1. The van der Waals surface area contributed by atoms with Crippen molar-refractivity contribution >= 4 is 5.97 Å². The second-order valence-electron chi connectivity index (χ2n) is 5.04. The first-order valence-corrected chi connectivity index (χ1v) is 6.50. The molecular formula is C13H21N3O2. The molecule has 0 saturated carbocycles. The van der Waals surface area contributed by atoms with Crippen LogP contribution in [0.15, 0.2) is 12.5 Å². The van der Waals surface area contributed by atoms with Gasteiger partial charge in [-0.3, -0.25) is 9.69 Å². The number of methoxy groups -OCH3 is 1. The molecule has 5 heteroatoms. The number of aromatic amines is 1. The number of aromatic nitrogens is 2. The molecule has 1 unspecified atom stereocenters. The summed E-state index contributed by atoms with van der Waals surface area (Å²) in [5.74, 6) is 0.603. The van der Waals surface area contributed by atoms with Gasteiger partial charge in [0.1, 0.15) is 6.04 Å². The number of carbonyl (C=O) groups is 1. The van der Waals surface area contributed by atoms with Gasteiger partial charge in [-0.2, -0.15) is 0 Å². The molecule has 5 nitrogen and oxygen atoms in total. The van der Waals surface area contributed by atoms with Gasteiger partial charge in [-0.15, -0.1) is 0 Å². The van der Waals surface area contributed by atoms with Gasteiger partial charge >= 0.3 is 5.97 Å². The van der Waals surface area contributed by atoms with E-state index in [4.69, 9.17) is 4.74 Å². The molecule has 0 amide bonds. The number of nitrogens with one attached hydrogen (secondary N) is 1. The zero-order valence-electron chi connectivity index (χ0n) is 11.1. The van der Waals surface area contributed by atoms with Crippen LogP contribution in [0.5, 0.6) is 0 Å². The van der Waals surface area contributed by atoms with E-state index in [1.807, 2.05) is 0 Å². The van der Waals surface area contributed by atoms with E-state index in [0.29, 0.717) is 6.42 Å². The van der Waals surface area contributed by atoms with E-state index in [0.717, 1.165) is 37.5 Å². The van der Waals surface area contributed by atoms with E-state index in [-0.39, 0.29) is 12.0 Å². The second-order valence-corrected chi connectivity index (χ2v) is 5.04. The molecule has 1 aliphatic rings. The van der Waals surface area contributed by atoms with Crippen LogP contribution in [0.1, 0.15) is 25.5 Å². The second kappa shape index (κ2) is 6.00. The third kappa shape index (κ3) is 3.10. The molecule has 1 aliphatic heterocycles. The Hall–Kier alpha value is -1.36. The molecule has 1 N–H and O–H groups in total. The molecule has 1 fully saturated rings. The highest BCUT2D eigenvalue weighted by Gasteiger charge is 2.29. The fourth-order valence-electron chi connectivity index (χ4n) is 2.44. The number of carbonyl (C=O) groups excluding carboxylic acids is 1. The Morgan fingerprint density at radius 1 is 1.61 bits per heavy atom. The molecule has 1 atom stereocenters. The predicted molar refractivity (Wildman–Crippen MR) is 68.1 cm³/mol. The summed E-state index contributed by atoms with van der Waals surface area (Å²) in [6.45, 7) is 4.20. The van der Waals surface area contributed by atoms with Crippen LogP contribution in [0.3, 0.4) is 0 Å². The van der Waals surface area contributed by atoms with Crippen LogP contribution in [0.25, 0.3) is 0 Å². The van der Waals surface area contributed by atoms with Gasteiger partial charge in [0.05, 0.1) is 13.4 Å². The molecule has 2 rings (SSSR count). The minimum absolute atomic E-state index is 0.154. The maximum Gasteiger partial charge on any atom is 0.323 e. The Morgan fingerprint density at radius 2 is 2.33 bits per heavy atom. The summed E-state index contributed by atoms with van der Waals surface area (Å²) in [6.07, 6.45) is 6.35. The van der Waals surface area contributed by atoms with Gasteiger partial charge in [-0.25, -0.2) is 4.98 Å². The van der Waals surface area contributed by atoms with Crippen LogP contribution in [0, 0.1) is 5.92 Å². The van der Waals surface area contributed by atoms with Crippen molar-refractivity contribution in [3.8, 4) is 0 Å². The lowest BCUT2D eigenvalue weighted by molar-refractivity contribution is -0.147. The molecule has 1 aromatic rings. The van der Waals surface area contributed by atoms with Crippen molar-refractivity contribution in [1.29, 1.82) is 0 Å². The summed E-state index contributed by atoms with van der Waals surface area (Å²) in [5.41, 5.74) is 0.976. The molecule has 0 spiro atoms. The van der Waals surface area contributed by atoms with Crippen molar-refractivity contribution < 1.29 is 9.53 Å². The number of ether oxygens (including phenoxy) is 1. The number of piperidine rings is 1. The monoisotopic (exact) mass is 251 g/mol. The van der Waals surface area contributed by atoms with Gasteiger partial charge < -0.3 is 9.72 Å². The Kier molecular flexibility index (Phi) is 4.36. The molecule has 0 radical (unpaired) electrons. The van der Waals surface area contributed by atoms with Crippen molar-refractivity contribution in [3.05, 3.63) is 18.2 Å². The molecule has 1 aromatic heterocycles. The fraction of sp³-hybridized carbons (Fsp3) is 0.692. The fourth-order valence-corrected chi connectivity index (χ4v) is 2.44. The Morgan fingerprint density at radius 3 is 2.89 bits per heavy atom. The number of hydrogen-bond donors (Lipinski definition) is 1. The van der Waals surface area contributed by atoms with Gasteiger partial charge in [0.25, 0.3) is 0 Å². The summed E-state index contributed by atoms with van der Waals surface area (Å²) >= 11 is 0. The van der Waals surface area contributed by atoms with Crippen LogP contribution in [-0.4, -0.2) is 47.1 Å². The highest BCUT2D eigenvalue weighted by atomic mass is 16.5. The average molecular weight is 251 g/mol. The molecule has 1 saturated heterocycles. The van der Waals surface area contributed by atoms with E-state index < -0.39 is 0 Å². The van der Waals surface area contributed by atoms with Gasteiger partial charge in [-0.1, -0.05) is 6.92 Å². The van der Waals surface area contributed by atoms with Crippen LogP contribution in [0.4, 0.5) is 0 Å². The number of imidazole rings is 1. The number of nitrogens with zero attached hydrogens (tertiary/aromatic N) is 2. The maximum absolute atomic E-state index is 11.9. The summed E-state index contributed by atoms with van der Waals surface area (Å²) < 4.78 is 4.93. The number of rotatable bonds is 4. The van der Waals surface area contributed by atoms with Crippen LogP contribution >= 0.6 is 0 Å². The van der Waals surface area contributed by atoms with Crippen LogP contribution in [0.2, 0.25) is 0 Å². The number of H-pyrrole nitrogens is 1. The number of likely N-dealkylation sites (tertiary alicyclic amines) is 1. The highest BCUT2D eigenvalue weighted by molar-refractivity contribution is 5.76. The number of esters is 1. The molecule has 18 heavy (non-hydrogen) atoms. The molecular weight excluding hydrogens is 230 g/mol. The quantitative estimate of drug-likeness (QED) is 0.818. The molecule has 2 heterocycles. The van der Waals surface area contributed by atoms with E-state index in [2.05, 4.69) is 21.8 Å². The number of hydrogen-bond acceptors (Lipinski definition) is 4. The minimum atomic E-state index is -0.192. The van der Waals surface area contributed by atoms with Crippen molar-refractivity contribution in [3.63, 3.8) is 0 Å². The van der Waals surface area contributed by atoms with E-state index >= 15 is 0 Å². The average Bonchev–Trinajstić information content (AvgIpc) is 2.89. The molecule has 0 aromatic carbocycles. The zero-order valence-corrected chi connectivity index (χ0v) is 11.1. The van der Waals surface area contributed by atoms with Gasteiger partial charge in [0.15, 0.2) is 0 Å². The minimum Gasteiger partial charge on any atom is -0.468 e. The van der Waals surface area contributed by atoms with E-state index in [1.54, 1.807) is 12.5 Å². The normalized spacial score (nSPS) is 19.7.